The third-order valence-electron chi connectivity index (χ3n) is 12.3. The number of carbonyl (C=O) groups is 5. The zero-order valence-electron chi connectivity index (χ0n) is 41.1. The largest absolute Gasteiger partial charge is 0.744 e. The molecule has 0 spiro atoms. The van der Waals surface area contributed by atoms with Gasteiger partial charge in [0.05, 0.1) is 20.4 Å². The van der Waals surface area contributed by atoms with Gasteiger partial charge in [0.2, 0.25) is 0 Å². The standard InChI is InChI=1S/C54H46N6O14S3/c1-28-20-40-29(2)14-17-43(49(40)47(21-28)77(72,73)74)58-53(64)36-16-13-31(4)45(26-36)60-51(62)34-9-7-11-38(24-34)56-54(65)55-37-10-6-8-33(23-37)50(61)59-44-25-35(15-12-30(44)3)52(63)57-42-18-19-46(76(69,70)71)41-27-39(75(66,67)68)22-32(5)48(41)42/h6-27H,1-5H3,(H,57,63)(H,58,64)(H,59,61)(H,60,62)(H2,55,56,65)(H,66,67,68)(H,69,70,71)(H,72,73,74)/p-3. The van der Waals surface area contributed by atoms with Crippen LogP contribution in [0.1, 0.15) is 69.2 Å². The Balaban J connectivity index is 0.915. The number of urea groups is 1. The van der Waals surface area contributed by atoms with Gasteiger partial charge in [0.15, 0.2) is 0 Å². The van der Waals surface area contributed by atoms with Crippen LogP contribution in [-0.4, -0.2) is 68.6 Å². The molecule has 20 nitrogen and oxygen atoms in total. The highest BCUT2D eigenvalue weighted by molar-refractivity contribution is 7.86. The van der Waals surface area contributed by atoms with Crippen molar-refractivity contribution in [3.8, 4) is 0 Å². The van der Waals surface area contributed by atoms with Crippen LogP contribution in [0.25, 0.3) is 21.5 Å². The van der Waals surface area contributed by atoms with Crippen molar-refractivity contribution in [2.24, 2.45) is 0 Å². The Morgan fingerprint density at radius 2 is 0.805 bits per heavy atom. The van der Waals surface area contributed by atoms with Crippen LogP contribution in [0.4, 0.5) is 38.9 Å². The van der Waals surface area contributed by atoms with Crippen molar-refractivity contribution in [3.05, 3.63) is 184 Å². The van der Waals surface area contributed by atoms with E-state index in [1.807, 2.05) is 0 Å². The summed E-state index contributed by atoms with van der Waals surface area (Å²) in [6.45, 7) is 8.16. The molecule has 0 radical (unpaired) electrons. The summed E-state index contributed by atoms with van der Waals surface area (Å²) < 4.78 is 109. The van der Waals surface area contributed by atoms with Gasteiger partial charge in [0.25, 0.3) is 23.6 Å². The molecule has 6 N–H and O–H groups in total. The van der Waals surface area contributed by atoms with Gasteiger partial charge in [-0.3, -0.25) is 19.2 Å². The molecule has 0 aliphatic heterocycles. The minimum atomic E-state index is -5.16. The van der Waals surface area contributed by atoms with Crippen molar-refractivity contribution in [3.63, 3.8) is 0 Å². The maximum absolute atomic E-state index is 13.6. The molecule has 394 valence electrons. The molecule has 0 saturated heterocycles. The average Bonchev–Trinajstić information content (AvgIpc) is 3.35. The first-order valence-corrected chi connectivity index (χ1v) is 27.1. The van der Waals surface area contributed by atoms with Gasteiger partial charge in [-0.2, -0.15) is 0 Å². The molecule has 0 bridgehead atoms. The van der Waals surface area contributed by atoms with Gasteiger partial charge in [-0.05, 0) is 165 Å². The summed E-state index contributed by atoms with van der Waals surface area (Å²) in [4.78, 5) is 65.6. The number of fused-ring (bicyclic) bond motifs is 2. The maximum atomic E-state index is 13.6. The highest BCUT2D eigenvalue weighted by Gasteiger charge is 2.21. The molecule has 8 aromatic carbocycles. The highest BCUT2D eigenvalue weighted by Crippen LogP contribution is 2.36. The Bertz CT molecular complexity index is 4200. The van der Waals surface area contributed by atoms with E-state index in [4.69, 9.17) is 0 Å². The van der Waals surface area contributed by atoms with Crippen molar-refractivity contribution in [2.45, 2.75) is 49.3 Å². The first kappa shape index (κ1) is 54.4. The van der Waals surface area contributed by atoms with Crippen LogP contribution in [0.5, 0.6) is 0 Å². The molecule has 23 heteroatoms. The van der Waals surface area contributed by atoms with Crippen LogP contribution in [0.15, 0.2) is 148 Å². The summed E-state index contributed by atoms with van der Waals surface area (Å²) in [7, 11) is -15.2. The van der Waals surface area contributed by atoms with Crippen molar-refractivity contribution in [1.82, 2.24) is 0 Å². The minimum absolute atomic E-state index is 0.00508. The number of amides is 6. The number of rotatable bonds is 13. The van der Waals surface area contributed by atoms with Crippen molar-refractivity contribution < 1.29 is 62.9 Å². The molecule has 0 atom stereocenters. The number of aryl methyl sites for hydroxylation is 5. The van der Waals surface area contributed by atoms with Crippen molar-refractivity contribution in [1.29, 1.82) is 0 Å². The quantitative estimate of drug-likeness (QED) is 0.0587. The lowest BCUT2D eigenvalue weighted by molar-refractivity contribution is 0.101. The van der Waals surface area contributed by atoms with E-state index in [1.54, 1.807) is 52.0 Å². The number of benzene rings is 8. The predicted molar refractivity (Wildman–Crippen MR) is 286 cm³/mol. The van der Waals surface area contributed by atoms with E-state index in [2.05, 4.69) is 31.9 Å². The maximum Gasteiger partial charge on any atom is 0.323 e. The number of nitrogens with one attached hydrogen (secondary N) is 6. The average molecular weight is 1100 g/mol. The first-order chi connectivity index (χ1) is 36.1. The number of anilines is 6. The fraction of sp³-hybridized carbons (Fsp3) is 0.0926. The first-order valence-electron chi connectivity index (χ1n) is 22.9. The van der Waals surface area contributed by atoms with Gasteiger partial charge in [-0.25, -0.2) is 30.0 Å². The van der Waals surface area contributed by atoms with Crippen LogP contribution in [0.3, 0.4) is 0 Å². The second kappa shape index (κ2) is 21.1. The van der Waals surface area contributed by atoms with Crippen molar-refractivity contribution in [2.75, 3.05) is 31.9 Å². The normalized spacial score (nSPS) is 11.7. The van der Waals surface area contributed by atoms with Gasteiger partial charge < -0.3 is 45.6 Å². The number of carbonyl (C=O) groups excluding carboxylic acids is 5. The third-order valence-corrected chi connectivity index (χ3v) is 14.8. The Hall–Kier alpha value is -8.84. The van der Waals surface area contributed by atoms with Crippen LogP contribution >= 0.6 is 0 Å². The van der Waals surface area contributed by atoms with E-state index in [0.29, 0.717) is 27.6 Å². The van der Waals surface area contributed by atoms with E-state index in [9.17, 15) is 62.9 Å². The molecule has 8 aromatic rings. The van der Waals surface area contributed by atoms with Gasteiger partial charge >= 0.3 is 6.03 Å². The molecular weight excluding hydrogens is 1050 g/mol. The molecule has 0 aromatic heterocycles. The van der Waals surface area contributed by atoms with E-state index in [-0.39, 0.29) is 78.1 Å². The fourth-order valence-electron chi connectivity index (χ4n) is 8.47. The number of hydrogen-bond donors (Lipinski definition) is 6. The summed E-state index contributed by atoms with van der Waals surface area (Å²) >= 11 is 0. The van der Waals surface area contributed by atoms with E-state index in [1.165, 1.54) is 91.9 Å². The fourth-order valence-corrected chi connectivity index (χ4v) is 10.5. The zero-order valence-corrected chi connectivity index (χ0v) is 43.6. The van der Waals surface area contributed by atoms with E-state index < -0.39 is 74.7 Å². The second-order valence-corrected chi connectivity index (χ2v) is 21.9. The van der Waals surface area contributed by atoms with E-state index >= 15 is 0 Å². The van der Waals surface area contributed by atoms with Crippen LogP contribution in [0.2, 0.25) is 0 Å². The molecule has 6 amide bonds. The van der Waals surface area contributed by atoms with Gasteiger partial charge in [-0.1, -0.05) is 36.4 Å². The summed E-state index contributed by atoms with van der Waals surface area (Å²) in [5.74, 6) is -2.60. The van der Waals surface area contributed by atoms with Gasteiger partial charge in [0.1, 0.15) is 30.4 Å². The van der Waals surface area contributed by atoms with Crippen LogP contribution in [0, 0.1) is 34.6 Å². The van der Waals surface area contributed by atoms with Crippen LogP contribution in [-0.2, 0) is 30.4 Å². The summed E-state index contributed by atoms with van der Waals surface area (Å²) in [5.41, 5.74) is 3.83. The minimum Gasteiger partial charge on any atom is -0.744 e. The highest BCUT2D eigenvalue weighted by atomic mass is 32.2. The molecule has 0 saturated carbocycles. The van der Waals surface area contributed by atoms with Gasteiger partial charge in [0, 0.05) is 66.8 Å². The second-order valence-electron chi connectivity index (χ2n) is 17.9. The predicted octanol–water partition coefficient (Wildman–Crippen LogP) is 8.90. The van der Waals surface area contributed by atoms with Crippen molar-refractivity contribution >= 4 is 116 Å². The van der Waals surface area contributed by atoms with Crippen LogP contribution < -0.4 is 31.9 Å². The topological polar surface area (TPSA) is 329 Å². The molecule has 0 unspecified atom stereocenters. The van der Waals surface area contributed by atoms with Gasteiger partial charge in [-0.15, -0.1) is 0 Å². The lowest BCUT2D eigenvalue weighted by atomic mass is 10.0. The Kier molecular flexibility index (Phi) is 14.9. The monoisotopic (exact) mass is 1100 g/mol. The Labute approximate surface area is 441 Å². The lowest BCUT2D eigenvalue weighted by Gasteiger charge is -2.18. The Morgan fingerprint density at radius 3 is 1.29 bits per heavy atom. The third kappa shape index (κ3) is 12.2. The summed E-state index contributed by atoms with van der Waals surface area (Å²) in [6, 6.07) is 30.0. The molecule has 0 fully saturated rings. The molecule has 0 heterocycles. The molecule has 0 aliphatic rings. The Morgan fingerprint density at radius 1 is 0.364 bits per heavy atom. The molecule has 0 aliphatic carbocycles. The van der Waals surface area contributed by atoms with E-state index in [0.717, 1.165) is 24.3 Å². The summed E-state index contributed by atoms with van der Waals surface area (Å²) in [6.07, 6.45) is 0. The molecule has 8 rings (SSSR count). The smallest absolute Gasteiger partial charge is 0.323 e. The number of hydrogen-bond acceptors (Lipinski definition) is 14. The zero-order chi connectivity index (χ0) is 55.9. The molecule has 77 heavy (non-hydrogen) atoms. The molecular formula is C54H43N6O14S3-3. The SMILES string of the molecule is Cc1cc(S(=O)(=O)[O-])c2c(NC(=O)c3ccc(C)c(NC(=O)c4cccc(NC(=O)Nc5cccc(C(=O)Nc6cc(C(=O)Nc7ccc(S(=O)(=O)[O-])c8cc(S(=O)(=O)[O-])cc(C)c78)ccc6C)c5)c4)c3)ccc(C)c2c1. The lowest BCUT2D eigenvalue weighted by Crippen LogP contribution is -2.21. The summed E-state index contributed by atoms with van der Waals surface area (Å²) in [5, 5.41) is 16.3.